The Hall–Kier alpha value is -2.88. The van der Waals surface area contributed by atoms with Crippen molar-refractivity contribution in [1.82, 2.24) is 14.8 Å². The van der Waals surface area contributed by atoms with Crippen LogP contribution in [0.2, 0.25) is 0 Å². The van der Waals surface area contributed by atoms with Gasteiger partial charge in [0.25, 0.3) is 0 Å². The van der Waals surface area contributed by atoms with Gasteiger partial charge >= 0.3 is 12.1 Å². The molecule has 3 rings (SSSR count). The molecule has 0 spiro atoms. The van der Waals surface area contributed by atoms with Crippen molar-refractivity contribution in [2.75, 3.05) is 25.1 Å². The lowest BCUT2D eigenvalue weighted by molar-refractivity contribution is -0.142. The summed E-state index contributed by atoms with van der Waals surface area (Å²) in [4.78, 5) is 16.7. The van der Waals surface area contributed by atoms with Crippen molar-refractivity contribution in [2.24, 2.45) is 0 Å². The second kappa shape index (κ2) is 8.01. The van der Waals surface area contributed by atoms with E-state index in [9.17, 15) is 18.0 Å². The van der Waals surface area contributed by atoms with Gasteiger partial charge < -0.3 is 14.8 Å². The zero-order chi connectivity index (χ0) is 20.3. The zero-order valence-corrected chi connectivity index (χ0v) is 15.3. The van der Waals surface area contributed by atoms with Crippen LogP contribution in [0.4, 0.5) is 19.1 Å². The van der Waals surface area contributed by atoms with Crippen LogP contribution < -0.4 is 5.32 Å². The van der Waals surface area contributed by atoms with Gasteiger partial charge in [-0.05, 0) is 25.5 Å². The van der Waals surface area contributed by atoms with E-state index < -0.39 is 23.8 Å². The number of carbonyl (C=O) groups is 1. The number of anilines is 1. The first kappa shape index (κ1) is 19.9. The number of fused-ring (bicyclic) bond motifs is 1. The molecule has 0 amide bonds. The number of allylic oxidation sites excluding steroid dienone is 1. The smallest absolute Gasteiger partial charge is 0.416 e. The van der Waals surface area contributed by atoms with Crippen LogP contribution in [-0.2, 0) is 20.4 Å². The number of hydrogen-bond acceptors (Lipinski definition) is 6. The number of alkyl halides is 3. The molecule has 1 atom stereocenters. The lowest BCUT2D eigenvalue weighted by atomic mass is 9.92. The number of ether oxygens (including phenoxy) is 2. The normalized spacial score (nSPS) is 16.5. The van der Waals surface area contributed by atoms with Gasteiger partial charge in [0.2, 0.25) is 5.95 Å². The summed E-state index contributed by atoms with van der Waals surface area (Å²) in [5.41, 5.74) is -0.579. The van der Waals surface area contributed by atoms with Crippen LogP contribution in [-0.4, -0.2) is 40.6 Å². The summed E-state index contributed by atoms with van der Waals surface area (Å²) in [6, 6.07) is 3.95. The highest BCUT2D eigenvalue weighted by molar-refractivity contribution is 5.92. The van der Waals surface area contributed by atoms with E-state index in [2.05, 4.69) is 15.4 Å². The summed E-state index contributed by atoms with van der Waals surface area (Å²) in [6.45, 7) is 4.03. The van der Waals surface area contributed by atoms with Gasteiger partial charge in [0.15, 0.2) is 0 Å². The van der Waals surface area contributed by atoms with Gasteiger partial charge in [-0.3, -0.25) is 0 Å². The summed E-state index contributed by atoms with van der Waals surface area (Å²) >= 11 is 0. The van der Waals surface area contributed by atoms with Crippen LogP contribution >= 0.6 is 0 Å². The fourth-order valence-electron chi connectivity index (χ4n) is 3.05. The first-order chi connectivity index (χ1) is 13.3. The summed E-state index contributed by atoms with van der Waals surface area (Å²) < 4.78 is 52.4. The molecule has 0 bridgehead atoms. The molecule has 0 unspecified atom stereocenters. The quantitative estimate of drug-likeness (QED) is 0.597. The van der Waals surface area contributed by atoms with Crippen LogP contribution in [0.25, 0.3) is 0 Å². The molecule has 1 aromatic heterocycles. The molecule has 0 saturated carbocycles. The van der Waals surface area contributed by atoms with Crippen molar-refractivity contribution in [3.63, 3.8) is 0 Å². The van der Waals surface area contributed by atoms with E-state index in [0.29, 0.717) is 12.3 Å². The second-order valence-corrected chi connectivity index (χ2v) is 6.01. The molecule has 0 radical (unpaired) electrons. The van der Waals surface area contributed by atoms with Crippen LogP contribution in [0.3, 0.4) is 0 Å². The van der Waals surface area contributed by atoms with Crippen molar-refractivity contribution < 1.29 is 27.4 Å². The van der Waals surface area contributed by atoms with Crippen molar-refractivity contribution in [2.45, 2.75) is 26.1 Å². The van der Waals surface area contributed by atoms with Crippen LogP contribution in [0.5, 0.6) is 0 Å². The second-order valence-electron chi connectivity index (χ2n) is 6.01. The van der Waals surface area contributed by atoms with E-state index in [0.717, 1.165) is 6.07 Å². The summed E-state index contributed by atoms with van der Waals surface area (Å²) in [7, 11) is 0. The Morgan fingerprint density at radius 3 is 2.75 bits per heavy atom. The van der Waals surface area contributed by atoms with Crippen molar-refractivity contribution in [3.8, 4) is 0 Å². The van der Waals surface area contributed by atoms with E-state index in [1.165, 1.54) is 29.2 Å². The van der Waals surface area contributed by atoms with Gasteiger partial charge in [-0.15, -0.1) is 0 Å². The number of halogens is 3. The Kier molecular flexibility index (Phi) is 5.68. The molecule has 10 heteroatoms. The topological polar surface area (TPSA) is 78.3 Å². The van der Waals surface area contributed by atoms with Crippen LogP contribution in [0.1, 0.15) is 31.0 Å². The molecule has 2 heterocycles. The predicted octanol–water partition coefficient (Wildman–Crippen LogP) is 3.17. The zero-order valence-electron chi connectivity index (χ0n) is 15.3. The SMILES string of the molecule is CCOCCOC(=O)C1=C(C)Nc2ncnn2[C@H]1c1ccccc1C(F)(F)F. The highest BCUT2D eigenvalue weighted by atomic mass is 19.4. The largest absolute Gasteiger partial charge is 0.460 e. The van der Waals surface area contributed by atoms with Gasteiger partial charge in [0.1, 0.15) is 19.0 Å². The highest BCUT2D eigenvalue weighted by Gasteiger charge is 2.41. The van der Waals surface area contributed by atoms with Gasteiger partial charge in [0, 0.05) is 12.3 Å². The number of hydrogen-bond donors (Lipinski definition) is 1. The monoisotopic (exact) mass is 396 g/mol. The third-order valence-corrected chi connectivity index (χ3v) is 4.24. The van der Waals surface area contributed by atoms with E-state index >= 15 is 0 Å². The molecular weight excluding hydrogens is 377 g/mol. The molecule has 1 aromatic carbocycles. The third kappa shape index (κ3) is 3.86. The van der Waals surface area contributed by atoms with E-state index in [-0.39, 0.29) is 30.3 Å². The minimum atomic E-state index is -4.60. The number of nitrogens with one attached hydrogen (secondary N) is 1. The molecule has 1 N–H and O–H groups in total. The average Bonchev–Trinajstić information content (AvgIpc) is 3.11. The molecule has 0 fully saturated rings. The number of benzene rings is 1. The lowest BCUT2D eigenvalue weighted by Gasteiger charge is -2.29. The van der Waals surface area contributed by atoms with Crippen LogP contribution in [0.15, 0.2) is 41.9 Å². The Labute approximate surface area is 159 Å². The molecule has 0 saturated heterocycles. The van der Waals surface area contributed by atoms with E-state index in [1.54, 1.807) is 13.8 Å². The number of nitrogens with zero attached hydrogens (tertiary/aromatic N) is 3. The molecule has 1 aliphatic heterocycles. The number of esters is 1. The van der Waals surface area contributed by atoms with Gasteiger partial charge in [-0.2, -0.15) is 23.3 Å². The highest BCUT2D eigenvalue weighted by Crippen LogP contribution is 2.41. The van der Waals surface area contributed by atoms with Crippen molar-refractivity contribution in [1.29, 1.82) is 0 Å². The lowest BCUT2D eigenvalue weighted by Crippen LogP contribution is -2.31. The van der Waals surface area contributed by atoms with Crippen LogP contribution in [0, 0.1) is 0 Å². The minimum absolute atomic E-state index is 0.0126. The number of aromatic nitrogens is 3. The molecule has 7 nitrogen and oxygen atoms in total. The molecular formula is C18H19F3N4O3. The summed E-state index contributed by atoms with van der Waals surface area (Å²) in [6.07, 6.45) is -3.39. The van der Waals surface area contributed by atoms with Gasteiger partial charge in [-0.1, -0.05) is 18.2 Å². The molecule has 2 aromatic rings. The minimum Gasteiger partial charge on any atom is -0.460 e. The fraction of sp³-hybridized carbons (Fsp3) is 0.389. The van der Waals surface area contributed by atoms with Gasteiger partial charge in [0.05, 0.1) is 17.7 Å². The maximum atomic E-state index is 13.6. The van der Waals surface area contributed by atoms with Crippen molar-refractivity contribution >= 4 is 11.9 Å². The van der Waals surface area contributed by atoms with E-state index in [1.807, 2.05) is 0 Å². The Balaban J connectivity index is 2.05. The van der Waals surface area contributed by atoms with E-state index in [4.69, 9.17) is 9.47 Å². The molecule has 1 aliphatic rings. The Bertz CT molecular complexity index is 892. The Morgan fingerprint density at radius 2 is 2.04 bits per heavy atom. The number of rotatable bonds is 6. The maximum Gasteiger partial charge on any atom is 0.416 e. The number of carbonyl (C=O) groups excluding carboxylic acids is 1. The summed E-state index contributed by atoms with van der Waals surface area (Å²) in [5, 5.41) is 6.91. The first-order valence-electron chi connectivity index (χ1n) is 8.62. The molecule has 28 heavy (non-hydrogen) atoms. The standard InChI is InChI=1S/C18H19F3N4O3/c1-3-27-8-9-28-16(26)14-11(2)24-17-22-10-23-25(17)15(14)12-6-4-5-7-13(12)18(19,20)21/h4-7,10,15H,3,8-9H2,1-2H3,(H,22,23,24)/t15-/m0/s1. The summed E-state index contributed by atoms with van der Waals surface area (Å²) in [5.74, 6) is -0.502. The van der Waals surface area contributed by atoms with Gasteiger partial charge in [-0.25, -0.2) is 9.48 Å². The third-order valence-electron chi connectivity index (χ3n) is 4.24. The molecule has 0 aliphatic carbocycles. The fourth-order valence-corrected chi connectivity index (χ4v) is 3.05. The Morgan fingerprint density at radius 1 is 1.29 bits per heavy atom. The first-order valence-corrected chi connectivity index (χ1v) is 8.62. The average molecular weight is 396 g/mol. The maximum absolute atomic E-state index is 13.6. The van der Waals surface area contributed by atoms with Crippen molar-refractivity contribution in [3.05, 3.63) is 53.0 Å². The molecule has 150 valence electrons. The predicted molar refractivity (Wildman–Crippen MR) is 93.4 cm³/mol.